The molecule has 1 N–H and O–H groups in total. The van der Waals surface area contributed by atoms with Crippen LogP contribution in [0.1, 0.15) is 30.5 Å². The minimum absolute atomic E-state index is 0.0321. The quantitative estimate of drug-likeness (QED) is 0.333. The summed E-state index contributed by atoms with van der Waals surface area (Å²) in [4.78, 5) is 27.5. The van der Waals surface area contributed by atoms with E-state index in [1.54, 1.807) is 42.5 Å². The first-order chi connectivity index (χ1) is 16.0. The lowest BCUT2D eigenvalue weighted by molar-refractivity contribution is -0.140. The van der Waals surface area contributed by atoms with Crippen LogP contribution in [0.25, 0.3) is 5.76 Å². The van der Waals surface area contributed by atoms with Gasteiger partial charge in [0.25, 0.3) is 11.7 Å². The largest absolute Gasteiger partial charge is 0.507 e. The minimum atomic E-state index is -0.884. The third-order valence-electron chi connectivity index (χ3n) is 5.38. The van der Waals surface area contributed by atoms with E-state index in [1.807, 2.05) is 6.92 Å². The summed E-state index contributed by atoms with van der Waals surface area (Å²) in [7, 11) is 4.50. The standard InChI is InChI=1S/C25H29NO7/c1-5-13-33-17-9-6-8-16(15-17)22(27)20-21(26(12-14-30-2)25(29)23(20)28)18-10-7-11-19(31-3)24(18)32-4/h6-11,15,21,27H,5,12-14H2,1-4H3/b22-20+. The third kappa shape index (κ3) is 4.80. The molecule has 1 heterocycles. The van der Waals surface area contributed by atoms with Gasteiger partial charge in [-0.2, -0.15) is 0 Å². The fourth-order valence-electron chi connectivity index (χ4n) is 3.86. The zero-order valence-corrected chi connectivity index (χ0v) is 19.3. The first kappa shape index (κ1) is 24.1. The summed E-state index contributed by atoms with van der Waals surface area (Å²) < 4.78 is 21.8. The lowest BCUT2D eigenvalue weighted by Crippen LogP contribution is -2.32. The van der Waals surface area contributed by atoms with Crippen LogP contribution in [0.4, 0.5) is 0 Å². The third-order valence-corrected chi connectivity index (χ3v) is 5.38. The van der Waals surface area contributed by atoms with Gasteiger partial charge in [0, 0.05) is 24.8 Å². The number of carbonyl (C=O) groups is 2. The van der Waals surface area contributed by atoms with Crippen molar-refractivity contribution in [2.75, 3.05) is 41.1 Å². The van der Waals surface area contributed by atoms with Gasteiger partial charge in [-0.25, -0.2) is 0 Å². The van der Waals surface area contributed by atoms with Crippen molar-refractivity contribution in [1.29, 1.82) is 0 Å². The van der Waals surface area contributed by atoms with Crippen LogP contribution in [0.3, 0.4) is 0 Å². The molecule has 8 nitrogen and oxygen atoms in total. The molecule has 33 heavy (non-hydrogen) atoms. The van der Waals surface area contributed by atoms with Gasteiger partial charge >= 0.3 is 0 Å². The zero-order valence-electron chi connectivity index (χ0n) is 19.3. The highest BCUT2D eigenvalue weighted by Gasteiger charge is 2.47. The molecule has 8 heteroatoms. The van der Waals surface area contributed by atoms with Crippen LogP contribution < -0.4 is 14.2 Å². The molecule has 0 aromatic heterocycles. The van der Waals surface area contributed by atoms with Gasteiger partial charge in [-0.05, 0) is 24.6 Å². The average Bonchev–Trinajstić information content (AvgIpc) is 3.09. The van der Waals surface area contributed by atoms with Crippen molar-refractivity contribution < 1.29 is 33.6 Å². The number of rotatable bonds is 10. The van der Waals surface area contributed by atoms with Crippen molar-refractivity contribution in [2.24, 2.45) is 0 Å². The van der Waals surface area contributed by atoms with E-state index in [1.165, 1.54) is 26.2 Å². The van der Waals surface area contributed by atoms with E-state index in [0.717, 1.165) is 6.42 Å². The summed E-state index contributed by atoms with van der Waals surface area (Å²) in [5, 5.41) is 11.2. The molecule has 1 saturated heterocycles. The van der Waals surface area contributed by atoms with E-state index >= 15 is 0 Å². The number of carbonyl (C=O) groups excluding carboxylic acids is 2. The molecule has 2 aromatic rings. The predicted molar refractivity (Wildman–Crippen MR) is 123 cm³/mol. The van der Waals surface area contributed by atoms with Crippen molar-refractivity contribution in [1.82, 2.24) is 4.90 Å². The number of aliphatic hydroxyl groups is 1. The number of benzene rings is 2. The molecule has 0 radical (unpaired) electrons. The molecule has 0 bridgehead atoms. The predicted octanol–water partition coefficient (Wildman–Crippen LogP) is 3.56. The van der Waals surface area contributed by atoms with Crippen molar-refractivity contribution in [3.8, 4) is 17.2 Å². The van der Waals surface area contributed by atoms with E-state index in [9.17, 15) is 14.7 Å². The Bertz CT molecular complexity index is 1050. The summed E-state index contributed by atoms with van der Waals surface area (Å²) in [5.74, 6) is -0.405. The number of para-hydroxylation sites is 1. The number of hydrogen-bond donors (Lipinski definition) is 1. The number of aliphatic hydroxyl groups excluding tert-OH is 1. The number of hydrogen-bond acceptors (Lipinski definition) is 7. The van der Waals surface area contributed by atoms with E-state index in [4.69, 9.17) is 18.9 Å². The molecule has 1 aliphatic heterocycles. The maximum Gasteiger partial charge on any atom is 0.295 e. The number of ketones is 1. The van der Waals surface area contributed by atoms with Crippen molar-refractivity contribution in [3.05, 3.63) is 59.2 Å². The highest BCUT2D eigenvalue weighted by atomic mass is 16.5. The van der Waals surface area contributed by atoms with Gasteiger partial charge in [-0.1, -0.05) is 31.2 Å². The molecule has 3 rings (SSSR count). The summed E-state index contributed by atoms with van der Waals surface area (Å²) in [5.41, 5.74) is 0.864. The smallest absolute Gasteiger partial charge is 0.295 e. The fraction of sp³-hybridized carbons (Fsp3) is 0.360. The number of Topliss-reactive ketones (excluding diaryl/α,β-unsaturated/α-hetero) is 1. The SMILES string of the molecule is CCCOc1cccc(/C(O)=C2\C(=O)C(=O)N(CCOC)C2c2cccc(OC)c2OC)c1. The van der Waals surface area contributed by atoms with Gasteiger partial charge in [0.15, 0.2) is 11.5 Å². The summed E-state index contributed by atoms with van der Waals surface area (Å²) in [6, 6.07) is 11.1. The van der Waals surface area contributed by atoms with Crippen molar-refractivity contribution in [3.63, 3.8) is 0 Å². The second-order valence-corrected chi connectivity index (χ2v) is 7.44. The fourth-order valence-corrected chi connectivity index (χ4v) is 3.86. The van der Waals surface area contributed by atoms with Crippen LogP contribution in [-0.2, 0) is 14.3 Å². The topological polar surface area (TPSA) is 94.5 Å². The molecule has 1 amide bonds. The maximum absolute atomic E-state index is 13.1. The molecule has 0 aliphatic carbocycles. The first-order valence-electron chi connectivity index (χ1n) is 10.7. The van der Waals surface area contributed by atoms with Crippen LogP contribution in [0.15, 0.2) is 48.0 Å². The zero-order chi connectivity index (χ0) is 24.0. The lowest BCUT2D eigenvalue weighted by atomic mass is 9.94. The molecule has 1 unspecified atom stereocenters. The number of nitrogens with zero attached hydrogens (tertiary/aromatic N) is 1. The first-order valence-corrected chi connectivity index (χ1v) is 10.7. The molecule has 1 aliphatic rings. The van der Waals surface area contributed by atoms with Gasteiger partial charge in [0.2, 0.25) is 0 Å². The summed E-state index contributed by atoms with van der Waals surface area (Å²) >= 11 is 0. The van der Waals surface area contributed by atoms with Gasteiger partial charge in [-0.3, -0.25) is 9.59 Å². The molecule has 1 atom stereocenters. The van der Waals surface area contributed by atoms with Crippen molar-refractivity contribution in [2.45, 2.75) is 19.4 Å². The molecular weight excluding hydrogens is 426 g/mol. The monoisotopic (exact) mass is 455 g/mol. The molecular formula is C25H29NO7. The van der Waals surface area contributed by atoms with Crippen molar-refractivity contribution >= 4 is 17.4 Å². The Hall–Kier alpha value is -3.52. The Kier molecular flexibility index (Phi) is 7.95. The molecule has 2 aromatic carbocycles. The van der Waals surface area contributed by atoms with Gasteiger partial charge in [0.1, 0.15) is 11.5 Å². The maximum atomic E-state index is 13.1. The van der Waals surface area contributed by atoms with E-state index < -0.39 is 17.7 Å². The van der Waals surface area contributed by atoms with E-state index in [0.29, 0.717) is 35.0 Å². The highest BCUT2D eigenvalue weighted by Crippen LogP contribution is 2.45. The Morgan fingerprint density at radius 2 is 1.79 bits per heavy atom. The van der Waals surface area contributed by atoms with E-state index in [-0.39, 0.29) is 24.5 Å². The Morgan fingerprint density at radius 3 is 2.45 bits per heavy atom. The second-order valence-electron chi connectivity index (χ2n) is 7.44. The normalized spacial score (nSPS) is 17.3. The van der Waals surface area contributed by atoms with Gasteiger partial charge < -0.3 is 29.0 Å². The van der Waals surface area contributed by atoms with Gasteiger partial charge in [-0.15, -0.1) is 0 Å². The number of methoxy groups -OCH3 is 3. The molecule has 0 spiro atoms. The lowest BCUT2D eigenvalue weighted by Gasteiger charge is -2.27. The average molecular weight is 456 g/mol. The summed E-state index contributed by atoms with van der Waals surface area (Å²) in [6.45, 7) is 2.89. The Morgan fingerprint density at radius 1 is 1.03 bits per heavy atom. The minimum Gasteiger partial charge on any atom is -0.507 e. The Balaban J connectivity index is 2.20. The molecule has 0 saturated carbocycles. The number of ether oxygens (including phenoxy) is 4. The Labute approximate surface area is 193 Å². The number of likely N-dealkylation sites (tertiary alicyclic amines) is 1. The number of amides is 1. The van der Waals surface area contributed by atoms with Crippen LogP contribution in [0.5, 0.6) is 17.2 Å². The van der Waals surface area contributed by atoms with E-state index in [2.05, 4.69) is 0 Å². The molecule has 1 fully saturated rings. The van der Waals surface area contributed by atoms with Crippen LogP contribution in [-0.4, -0.2) is 62.8 Å². The second kappa shape index (κ2) is 10.9. The highest BCUT2D eigenvalue weighted by molar-refractivity contribution is 6.46. The molecule has 176 valence electrons. The van der Waals surface area contributed by atoms with Crippen LogP contribution in [0, 0.1) is 0 Å². The summed E-state index contributed by atoms with van der Waals surface area (Å²) in [6.07, 6.45) is 0.830. The van der Waals surface area contributed by atoms with Crippen LogP contribution in [0.2, 0.25) is 0 Å². The van der Waals surface area contributed by atoms with Crippen LogP contribution >= 0.6 is 0 Å². The van der Waals surface area contributed by atoms with Gasteiger partial charge in [0.05, 0.1) is 39.0 Å².